The molecule has 0 aliphatic carbocycles. The van der Waals surface area contributed by atoms with Crippen LogP contribution < -0.4 is 5.73 Å². The Morgan fingerprint density at radius 2 is 2.12 bits per heavy atom. The van der Waals surface area contributed by atoms with Crippen molar-refractivity contribution in [1.29, 1.82) is 0 Å². The van der Waals surface area contributed by atoms with E-state index >= 15 is 0 Å². The molecular weight excluding hydrogens is 264 g/mol. The molecule has 0 heterocycles. The highest BCUT2D eigenvalue weighted by Crippen LogP contribution is 2.21. The lowest BCUT2D eigenvalue weighted by atomic mass is 10.1. The van der Waals surface area contributed by atoms with Crippen LogP contribution in [0.15, 0.2) is 22.7 Å². The molecule has 0 aromatic heterocycles. The molecule has 3 heteroatoms. The number of benzene rings is 1. The second-order valence-electron chi connectivity index (χ2n) is 4.40. The van der Waals surface area contributed by atoms with Crippen molar-refractivity contribution in [3.05, 3.63) is 28.2 Å². The van der Waals surface area contributed by atoms with Crippen molar-refractivity contribution in [1.82, 2.24) is 4.90 Å². The first kappa shape index (κ1) is 13.5. The third-order valence-electron chi connectivity index (χ3n) is 2.95. The van der Waals surface area contributed by atoms with E-state index in [9.17, 15) is 0 Å². The number of anilines is 1. The number of nitrogens with zero attached hydrogens (tertiary/aromatic N) is 1. The predicted molar refractivity (Wildman–Crippen MR) is 74.4 cm³/mol. The number of halogens is 1. The van der Waals surface area contributed by atoms with Gasteiger partial charge in [0.15, 0.2) is 0 Å². The molecule has 1 unspecified atom stereocenters. The number of nitrogens with two attached hydrogens (primary N) is 1. The summed E-state index contributed by atoms with van der Waals surface area (Å²) in [5, 5.41) is 0. The van der Waals surface area contributed by atoms with Gasteiger partial charge in [0.2, 0.25) is 0 Å². The highest BCUT2D eigenvalue weighted by Gasteiger charge is 2.10. The van der Waals surface area contributed by atoms with Gasteiger partial charge in [0.05, 0.1) is 0 Å². The quantitative estimate of drug-likeness (QED) is 0.837. The Labute approximate surface area is 107 Å². The highest BCUT2D eigenvalue weighted by molar-refractivity contribution is 9.10. The minimum atomic E-state index is 0.610. The van der Waals surface area contributed by atoms with Gasteiger partial charge >= 0.3 is 0 Å². The van der Waals surface area contributed by atoms with Crippen molar-refractivity contribution in [2.75, 3.05) is 12.8 Å². The first-order valence-corrected chi connectivity index (χ1v) is 6.58. The third kappa shape index (κ3) is 3.80. The molecule has 0 spiro atoms. The summed E-state index contributed by atoms with van der Waals surface area (Å²) >= 11 is 3.56. The van der Waals surface area contributed by atoms with Crippen LogP contribution in [0.4, 0.5) is 5.69 Å². The van der Waals surface area contributed by atoms with Gasteiger partial charge in [-0.1, -0.05) is 29.3 Å². The summed E-state index contributed by atoms with van der Waals surface area (Å²) in [5.74, 6) is 0. The summed E-state index contributed by atoms with van der Waals surface area (Å²) in [6, 6.07) is 6.59. The van der Waals surface area contributed by atoms with Crippen LogP contribution >= 0.6 is 15.9 Å². The predicted octanol–water partition coefficient (Wildman–Crippen LogP) is 3.65. The van der Waals surface area contributed by atoms with E-state index in [1.165, 1.54) is 18.4 Å². The van der Waals surface area contributed by atoms with Gasteiger partial charge in [-0.05, 0) is 44.2 Å². The molecule has 90 valence electrons. The van der Waals surface area contributed by atoms with Gasteiger partial charge in [-0.2, -0.15) is 0 Å². The largest absolute Gasteiger partial charge is 0.399 e. The maximum Gasteiger partial charge on any atom is 0.0318 e. The Morgan fingerprint density at radius 3 is 2.75 bits per heavy atom. The molecule has 1 rings (SSSR count). The third-order valence-corrected chi connectivity index (χ3v) is 3.72. The second-order valence-corrected chi connectivity index (χ2v) is 5.26. The molecule has 0 radical (unpaired) electrons. The van der Waals surface area contributed by atoms with Crippen molar-refractivity contribution >= 4 is 21.6 Å². The average Bonchev–Trinajstić information content (AvgIpc) is 2.23. The van der Waals surface area contributed by atoms with Crippen molar-refractivity contribution in [3.8, 4) is 0 Å². The Hall–Kier alpha value is -0.540. The SMILES string of the molecule is CCCC(C)N(C)Cc1cc(N)ccc1Br. The zero-order valence-electron chi connectivity index (χ0n) is 10.3. The molecule has 0 amide bonds. The molecule has 0 aliphatic rings. The minimum absolute atomic E-state index is 0.610. The van der Waals surface area contributed by atoms with E-state index in [2.05, 4.69) is 41.7 Å². The number of hydrogen-bond donors (Lipinski definition) is 1. The summed E-state index contributed by atoms with van der Waals surface area (Å²) in [6.45, 7) is 5.43. The monoisotopic (exact) mass is 284 g/mol. The van der Waals surface area contributed by atoms with E-state index in [1.807, 2.05) is 18.2 Å². The van der Waals surface area contributed by atoms with Crippen LogP contribution in [0.1, 0.15) is 32.3 Å². The van der Waals surface area contributed by atoms with Crippen LogP contribution in [0, 0.1) is 0 Å². The molecule has 2 nitrogen and oxygen atoms in total. The summed E-state index contributed by atoms with van der Waals surface area (Å²) in [4.78, 5) is 2.36. The Morgan fingerprint density at radius 1 is 1.44 bits per heavy atom. The van der Waals surface area contributed by atoms with E-state index in [4.69, 9.17) is 5.73 Å². The number of nitrogen functional groups attached to an aromatic ring is 1. The van der Waals surface area contributed by atoms with Crippen LogP contribution in [0.2, 0.25) is 0 Å². The standard InChI is InChI=1S/C13H21BrN2/c1-4-5-10(2)16(3)9-11-8-12(15)6-7-13(11)14/h6-8,10H,4-5,9,15H2,1-3H3. The molecule has 0 saturated heterocycles. The maximum atomic E-state index is 5.80. The van der Waals surface area contributed by atoms with Crippen molar-refractivity contribution in [2.24, 2.45) is 0 Å². The molecule has 0 aliphatic heterocycles. The van der Waals surface area contributed by atoms with Crippen LogP contribution in [0.5, 0.6) is 0 Å². The van der Waals surface area contributed by atoms with E-state index in [0.717, 1.165) is 16.7 Å². The lowest BCUT2D eigenvalue weighted by Gasteiger charge is -2.25. The van der Waals surface area contributed by atoms with Gasteiger partial charge in [-0.25, -0.2) is 0 Å². The molecule has 1 atom stereocenters. The van der Waals surface area contributed by atoms with Crippen LogP contribution in [-0.2, 0) is 6.54 Å². The summed E-state index contributed by atoms with van der Waals surface area (Å²) in [7, 11) is 2.16. The first-order valence-electron chi connectivity index (χ1n) is 5.78. The summed E-state index contributed by atoms with van der Waals surface area (Å²) in [6.07, 6.45) is 2.46. The van der Waals surface area contributed by atoms with Crippen LogP contribution in [0.25, 0.3) is 0 Å². The molecule has 0 fully saturated rings. The fourth-order valence-corrected chi connectivity index (χ4v) is 2.15. The van der Waals surface area contributed by atoms with Crippen molar-refractivity contribution in [3.63, 3.8) is 0 Å². The Bertz CT molecular complexity index is 339. The molecular formula is C13H21BrN2. The zero-order valence-corrected chi connectivity index (χ0v) is 11.9. The first-order chi connectivity index (χ1) is 7.54. The fraction of sp³-hybridized carbons (Fsp3) is 0.538. The molecule has 1 aromatic rings. The molecule has 2 N–H and O–H groups in total. The van der Waals surface area contributed by atoms with Crippen LogP contribution in [0.3, 0.4) is 0 Å². The summed E-state index contributed by atoms with van der Waals surface area (Å²) < 4.78 is 1.14. The highest BCUT2D eigenvalue weighted by atomic mass is 79.9. The summed E-state index contributed by atoms with van der Waals surface area (Å²) in [5.41, 5.74) is 7.88. The van der Waals surface area contributed by atoms with Gasteiger partial charge < -0.3 is 5.73 Å². The van der Waals surface area contributed by atoms with E-state index in [0.29, 0.717) is 6.04 Å². The number of hydrogen-bond acceptors (Lipinski definition) is 2. The van der Waals surface area contributed by atoms with Gasteiger partial charge in [-0.15, -0.1) is 0 Å². The lowest BCUT2D eigenvalue weighted by Crippen LogP contribution is -2.28. The van der Waals surface area contributed by atoms with Crippen LogP contribution in [-0.4, -0.2) is 18.0 Å². The molecule has 1 aromatic carbocycles. The maximum absolute atomic E-state index is 5.80. The minimum Gasteiger partial charge on any atom is -0.399 e. The van der Waals surface area contributed by atoms with Gasteiger partial charge in [0, 0.05) is 22.7 Å². The topological polar surface area (TPSA) is 29.3 Å². The smallest absolute Gasteiger partial charge is 0.0318 e. The van der Waals surface area contributed by atoms with Gasteiger partial charge in [0.1, 0.15) is 0 Å². The zero-order chi connectivity index (χ0) is 12.1. The van der Waals surface area contributed by atoms with Gasteiger partial charge in [0.25, 0.3) is 0 Å². The van der Waals surface area contributed by atoms with Crippen molar-refractivity contribution < 1.29 is 0 Å². The van der Waals surface area contributed by atoms with Gasteiger partial charge in [-0.3, -0.25) is 4.90 Å². The Kier molecular flexibility index (Phi) is 5.29. The van der Waals surface area contributed by atoms with Crippen molar-refractivity contribution in [2.45, 2.75) is 39.3 Å². The molecule has 0 saturated carbocycles. The van der Waals surface area contributed by atoms with E-state index in [-0.39, 0.29) is 0 Å². The van der Waals surface area contributed by atoms with E-state index in [1.54, 1.807) is 0 Å². The van der Waals surface area contributed by atoms with E-state index < -0.39 is 0 Å². The molecule has 16 heavy (non-hydrogen) atoms. The Balaban J connectivity index is 2.68. The number of rotatable bonds is 5. The molecule has 0 bridgehead atoms. The lowest BCUT2D eigenvalue weighted by molar-refractivity contribution is 0.236. The normalized spacial score (nSPS) is 13.1. The second kappa shape index (κ2) is 6.26. The fourth-order valence-electron chi connectivity index (χ4n) is 1.78. The average molecular weight is 285 g/mol.